The zero-order valence-electron chi connectivity index (χ0n) is 14.0. The molecule has 0 N–H and O–H groups in total. The summed E-state index contributed by atoms with van der Waals surface area (Å²) >= 11 is 0. The Morgan fingerprint density at radius 1 is 0.750 bits per heavy atom. The second-order valence-electron chi connectivity index (χ2n) is 5.94. The number of halogens is 1. The van der Waals surface area contributed by atoms with Crippen LogP contribution in [0.4, 0.5) is 0 Å². The molecule has 0 saturated heterocycles. The van der Waals surface area contributed by atoms with Crippen molar-refractivity contribution >= 4 is 12.4 Å². The van der Waals surface area contributed by atoms with Gasteiger partial charge in [-0.1, -0.05) is 83.6 Å². The molecule has 0 radical (unpaired) electrons. The second-order valence-corrected chi connectivity index (χ2v) is 5.94. The summed E-state index contributed by atoms with van der Waals surface area (Å²) in [6, 6.07) is 0. The van der Waals surface area contributed by atoms with Crippen LogP contribution in [-0.4, -0.2) is 25.0 Å². The van der Waals surface area contributed by atoms with Crippen LogP contribution in [0.2, 0.25) is 0 Å². The lowest BCUT2D eigenvalue weighted by atomic mass is 10.1. The van der Waals surface area contributed by atoms with Crippen molar-refractivity contribution in [2.75, 3.05) is 20.1 Å². The molecular formula is C18H38ClN. The van der Waals surface area contributed by atoms with Gasteiger partial charge in [0, 0.05) is 6.54 Å². The summed E-state index contributed by atoms with van der Waals surface area (Å²) in [5.74, 6) is 0. The SMILES string of the molecule is C=CCN(C)CCCCCCCCCCCCCC.Cl. The van der Waals surface area contributed by atoms with Crippen LogP contribution in [0.5, 0.6) is 0 Å². The summed E-state index contributed by atoms with van der Waals surface area (Å²) in [6.45, 7) is 8.31. The van der Waals surface area contributed by atoms with Crippen LogP contribution < -0.4 is 0 Å². The largest absolute Gasteiger partial charge is 0.303 e. The molecule has 0 atom stereocenters. The van der Waals surface area contributed by atoms with Gasteiger partial charge in [-0.2, -0.15) is 0 Å². The van der Waals surface area contributed by atoms with Gasteiger partial charge in [-0.25, -0.2) is 0 Å². The van der Waals surface area contributed by atoms with Crippen LogP contribution in [0.3, 0.4) is 0 Å². The molecule has 0 amide bonds. The fourth-order valence-corrected chi connectivity index (χ4v) is 2.53. The van der Waals surface area contributed by atoms with E-state index in [9.17, 15) is 0 Å². The molecule has 0 spiro atoms. The minimum Gasteiger partial charge on any atom is -0.303 e. The standard InChI is InChI=1S/C18H37N.ClH/c1-4-6-7-8-9-10-11-12-13-14-15-16-18-19(3)17-5-2;/h5H,2,4,6-18H2,1,3H3;1H. The quantitative estimate of drug-likeness (QED) is 0.256. The summed E-state index contributed by atoms with van der Waals surface area (Å²) in [5, 5.41) is 0. The summed E-state index contributed by atoms with van der Waals surface area (Å²) < 4.78 is 0. The van der Waals surface area contributed by atoms with E-state index in [0.717, 1.165) is 6.54 Å². The first kappa shape index (κ1) is 22.3. The maximum Gasteiger partial charge on any atom is 0.0157 e. The van der Waals surface area contributed by atoms with Gasteiger partial charge >= 0.3 is 0 Å². The Balaban J connectivity index is 0. The molecule has 1 nitrogen and oxygen atoms in total. The van der Waals surface area contributed by atoms with Crippen molar-refractivity contribution in [1.82, 2.24) is 4.90 Å². The van der Waals surface area contributed by atoms with Crippen LogP contribution in [0.25, 0.3) is 0 Å². The summed E-state index contributed by atoms with van der Waals surface area (Å²) in [6.07, 6.45) is 19.2. The van der Waals surface area contributed by atoms with Crippen LogP contribution in [-0.2, 0) is 0 Å². The smallest absolute Gasteiger partial charge is 0.0157 e. The molecular weight excluding hydrogens is 266 g/mol. The fourth-order valence-electron chi connectivity index (χ4n) is 2.53. The number of hydrogen-bond acceptors (Lipinski definition) is 1. The van der Waals surface area contributed by atoms with Crippen molar-refractivity contribution in [3.05, 3.63) is 12.7 Å². The number of likely N-dealkylation sites (N-methyl/N-ethyl adjacent to an activating group) is 1. The van der Waals surface area contributed by atoms with E-state index >= 15 is 0 Å². The molecule has 0 rings (SSSR count). The van der Waals surface area contributed by atoms with E-state index in [2.05, 4.69) is 25.5 Å². The van der Waals surface area contributed by atoms with Gasteiger partial charge in [0.05, 0.1) is 0 Å². The Morgan fingerprint density at radius 3 is 1.55 bits per heavy atom. The molecule has 0 aromatic carbocycles. The van der Waals surface area contributed by atoms with Gasteiger partial charge in [-0.05, 0) is 20.0 Å². The topological polar surface area (TPSA) is 3.24 Å². The van der Waals surface area contributed by atoms with Gasteiger partial charge in [0.15, 0.2) is 0 Å². The molecule has 20 heavy (non-hydrogen) atoms. The predicted molar refractivity (Wildman–Crippen MR) is 96.0 cm³/mol. The number of rotatable bonds is 15. The Bertz CT molecular complexity index is 182. The zero-order valence-corrected chi connectivity index (χ0v) is 14.9. The highest BCUT2D eigenvalue weighted by Crippen LogP contribution is 2.11. The molecule has 0 aromatic heterocycles. The minimum absolute atomic E-state index is 0. The highest BCUT2D eigenvalue weighted by molar-refractivity contribution is 5.85. The van der Waals surface area contributed by atoms with Crippen LogP contribution >= 0.6 is 12.4 Å². The summed E-state index contributed by atoms with van der Waals surface area (Å²) in [4.78, 5) is 2.35. The molecule has 0 unspecified atom stereocenters. The van der Waals surface area contributed by atoms with E-state index in [1.54, 1.807) is 0 Å². The Labute approximate surface area is 134 Å². The van der Waals surface area contributed by atoms with E-state index in [1.807, 2.05) is 6.08 Å². The maximum atomic E-state index is 3.77. The normalized spacial score (nSPS) is 10.6. The van der Waals surface area contributed by atoms with E-state index in [4.69, 9.17) is 0 Å². The van der Waals surface area contributed by atoms with Crippen LogP contribution in [0.1, 0.15) is 84.0 Å². The lowest BCUT2D eigenvalue weighted by Gasteiger charge is -2.13. The lowest BCUT2D eigenvalue weighted by molar-refractivity contribution is 0.356. The van der Waals surface area contributed by atoms with Crippen molar-refractivity contribution in [3.8, 4) is 0 Å². The average Bonchev–Trinajstić information content (AvgIpc) is 2.40. The van der Waals surface area contributed by atoms with E-state index in [0.29, 0.717) is 0 Å². The lowest BCUT2D eigenvalue weighted by Crippen LogP contribution is -2.19. The van der Waals surface area contributed by atoms with Crippen molar-refractivity contribution in [3.63, 3.8) is 0 Å². The van der Waals surface area contributed by atoms with Crippen LogP contribution in [0.15, 0.2) is 12.7 Å². The van der Waals surface area contributed by atoms with Gasteiger partial charge in [0.1, 0.15) is 0 Å². The summed E-state index contributed by atoms with van der Waals surface area (Å²) in [5.41, 5.74) is 0. The molecule has 0 aliphatic heterocycles. The molecule has 0 saturated carbocycles. The summed E-state index contributed by atoms with van der Waals surface area (Å²) in [7, 11) is 2.18. The third-order valence-electron chi connectivity index (χ3n) is 3.83. The molecule has 0 fully saturated rings. The van der Waals surface area contributed by atoms with Gasteiger partial charge < -0.3 is 4.90 Å². The highest BCUT2D eigenvalue weighted by Gasteiger charge is 1.96. The minimum atomic E-state index is 0. The molecule has 0 heterocycles. The average molecular weight is 304 g/mol. The molecule has 0 bridgehead atoms. The van der Waals surface area contributed by atoms with Gasteiger partial charge in [-0.15, -0.1) is 19.0 Å². The molecule has 0 aliphatic carbocycles. The second kappa shape index (κ2) is 19.0. The third-order valence-corrected chi connectivity index (χ3v) is 3.83. The van der Waals surface area contributed by atoms with Crippen LogP contribution in [0, 0.1) is 0 Å². The van der Waals surface area contributed by atoms with Crippen molar-refractivity contribution in [1.29, 1.82) is 0 Å². The third kappa shape index (κ3) is 18.0. The van der Waals surface area contributed by atoms with Gasteiger partial charge in [0.2, 0.25) is 0 Å². The van der Waals surface area contributed by atoms with E-state index in [-0.39, 0.29) is 12.4 Å². The monoisotopic (exact) mass is 303 g/mol. The molecule has 122 valence electrons. The Hall–Kier alpha value is -0.0100. The first-order valence-corrected chi connectivity index (χ1v) is 8.60. The number of nitrogens with zero attached hydrogens (tertiary/aromatic N) is 1. The highest BCUT2D eigenvalue weighted by atomic mass is 35.5. The van der Waals surface area contributed by atoms with E-state index in [1.165, 1.54) is 83.6 Å². The maximum absolute atomic E-state index is 3.77. The van der Waals surface area contributed by atoms with Gasteiger partial charge in [-0.3, -0.25) is 0 Å². The first-order chi connectivity index (χ1) is 9.31. The molecule has 0 aliphatic rings. The predicted octanol–water partition coefficient (Wildman–Crippen LogP) is 6.23. The fraction of sp³-hybridized carbons (Fsp3) is 0.889. The van der Waals surface area contributed by atoms with Crippen molar-refractivity contribution in [2.24, 2.45) is 0 Å². The van der Waals surface area contributed by atoms with Crippen molar-refractivity contribution < 1.29 is 0 Å². The Kier molecular flexibility index (Phi) is 21.1. The van der Waals surface area contributed by atoms with E-state index < -0.39 is 0 Å². The first-order valence-electron chi connectivity index (χ1n) is 8.60. The number of hydrogen-bond donors (Lipinski definition) is 0. The molecule has 2 heteroatoms. The Morgan fingerprint density at radius 2 is 1.15 bits per heavy atom. The van der Waals surface area contributed by atoms with Crippen molar-refractivity contribution in [2.45, 2.75) is 84.0 Å². The zero-order chi connectivity index (χ0) is 14.2. The molecule has 0 aromatic rings. The van der Waals surface area contributed by atoms with Gasteiger partial charge in [0.25, 0.3) is 0 Å². The number of unbranched alkanes of at least 4 members (excludes halogenated alkanes) is 11.